The van der Waals surface area contributed by atoms with E-state index in [1.54, 1.807) is 6.92 Å². The number of nitrogens with zero attached hydrogens (tertiary/aromatic N) is 3. The van der Waals surface area contributed by atoms with Crippen molar-refractivity contribution in [3.8, 4) is 0 Å². The molecule has 2 aromatic heterocycles. The predicted molar refractivity (Wildman–Crippen MR) is 67.9 cm³/mol. The number of alkyl halides is 3. The first kappa shape index (κ1) is 15.1. The summed E-state index contributed by atoms with van der Waals surface area (Å²) in [6.07, 6.45) is -1.84. The lowest BCUT2D eigenvalue weighted by molar-refractivity contribution is -0.142. The fourth-order valence-corrected chi connectivity index (χ4v) is 1.71. The Hall–Kier alpha value is -2.32. The normalized spacial score (nSPS) is 14.9. The number of aliphatic carboxylic acids is 1. The monoisotopic (exact) mass is 302 g/mol. The number of carboxylic acids is 1. The summed E-state index contributed by atoms with van der Waals surface area (Å²) in [6, 6.07) is 0.827. The molecule has 2 heterocycles. The van der Waals surface area contributed by atoms with Crippen LogP contribution < -0.4 is 5.32 Å². The van der Waals surface area contributed by atoms with Crippen LogP contribution in [-0.2, 0) is 11.0 Å². The van der Waals surface area contributed by atoms with Gasteiger partial charge in [-0.05, 0) is 13.3 Å². The minimum absolute atomic E-state index is 0.0345. The quantitative estimate of drug-likeness (QED) is 0.906. The standard InChI is InChI=1S/C12H13F3N4O2/c1-3-11(2,10(20)21)17-9-7-6-8(12(13,14)15)18-19(7)5-4-16-9/h4-6H,3H2,1-2H3,(H,16,17)(H,20,21). The Kier molecular flexibility index (Phi) is 3.52. The number of carbonyl (C=O) groups is 1. The van der Waals surface area contributed by atoms with E-state index in [0.29, 0.717) is 0 Å². The van der Waals surface area contributed by atoms with Gasteiger partial charge in [-0.1, -0.05) is 6.92 Å². The van der Waals surface area contributed by atoms with Crippen molar-refractivity contribution in [2.24, 2.45) is 0 Å². The van der Waals surface area contributed by atoms with Gasteiger partial charge in [-0.25, -0.2) is 14.3 Å². The molecule has 2 rings (SSSR count). The van der Waals surface area contributed by atoms with Crippen LogP contribution in [0.3, 0.4) is 0 Å². The molecule has 2 N–H and O–H groups in total. The summed E-state index contributed by atoms with van der Waals surface area (Å²) in [5.74, 6) is -1.09. The zero-order valence-electron chi connectivity index (χ0n) is 11.3. The Morgan fingerprint density at radius 3 is 2.67 bits per heavy atom. The fourth-order valence-electron chi connectivity index (χ4n) is 1.71. The SMILES string of the molecule is CCC(C)(Nc1nccn2nc(C(F)(F)F)cc12)C(=O)O. The van der Waals surface area contributed by atoms with Crippen LogP contribution in [0.1, 0.15) is 26.0 Å². The summed E-state index contributed by atoms with van der Waals surface area (Å²) in [5, 5.41) is 15.3. The molecule has 0 saturated carbocycles. The third kappa shape index (κ3) is 2.76. The molecule has 0 radical (unpaired) electrons. The number of fused-ring (bicyclic) bond motifs is 1. The van der Waals surface area contributed by atoms with E-state index in [2.05, 4.69) is 15.4 Å². The van der Waals surface area contributed by atoms with Crippen LogP contribution in [0.5, 0.6) is 0 Å². The van der Waals surface area contributed by atoms with Crippen LogP contribution in [0.2, 0.25) is 0 Å². The van der Waals surface area contributed by atoms with Gasteiger partial charge in [0.15, 0.2) is 11.5 Å². The van der Waals surface area contributed by atoms with E-state index in [4.69, 9.17) is 0 Å². The third-order valence-electron chi connectivity index (χ3n) is 3.25. The van der Waals surface area contributed by atoms with E-state index in [0.717, 1.165) is 10.6 Å². The highest BCUT2D eigenvalue weighted by Gasteiger charge is 2.36. The Morgan fingerprint density at radius 2 is 2.14 bits per heavy atom. The Bertz CT molecular complexity index is 683. The van der Waals surface area contributed by atoms with Crippen molar-refractivity contribution in [1.82, 2.24) is 14.6 Å². The lowest BCUT2D eigenvalue weighted by Gasteiger charge is -2.25. The maximum absolute atomic E-state index is 12.7. The summed E-state index contributed by atoms with van der Waals surface area (Å²) >= 11 is 0. The summed E-state index contributed by atoms with van der Waals surface area (Å²) in [6.45, 7) is 3.08. The summed E-state index contributed by atoms with van der Waals surface area (Å²) in [7, 11) is 0. The van der Waals surface area contributed by atoms with Crippen molar-refractivity contribution < 1.29 is 23.1 Å². The molecule has 0 aliphatic rings. The molecule has 114 valence electrons. The highest BCUT2D eigenvalue weighted by atomic mass is 19.4. The van der Waals surface area contributed by atoms with E-state index < -0.39 is 23.4 Å². The van der Waals surface area contributed by atoms with Gasteiger partial charge in [-0.3, -0.25) is 0 Å². The van der Waals surface area contributed by atoms with Crippen molar-refractivity contribution in [3.05, 3.63) is 24.2 Å². The molecule has 0 amide bonds. The van der Waals surface area contributed by atoms with Crippen molar-refractivity contribution in [3.63, 3.8) is 0 Å². The Labute approximate surface area is 117 Å². The fraction of sp³-hybridized carbons (Fsp3) is 0.417. The molecule has 0 fully saturated rings. The number of aromatic nitrogens is 3. The van der Waals surface area contributed by atoms with E-state index in [1.807, 2.05) is 0 Å². The highest BCUT2D eigenvalue weighted by Crippen LogP contribution is 2.30. The van der Waals surface area contributed by atoms with Crippen LogP contribution >= 0.6 is 0 Å². The number of halogens is 3. The van der Waals surface area contributed by atoms with Gasteiger partial charge in [0.1, 0.15) is 11.1 Å². The molecular weight excluding hydrogens is 289 g/mol. The van der Waals surface area contributed by atoms with E-state index in [-0.39, 0.29) is 17.8 Å². The van der Waals surface area contributed by atoms with E-state index in [9.17, 15) is 23.1 Å². The van der Waals surface area contributed by atoms with Crippen molar-refractivity contribution in [2.45, 2.75) is 32.0 Å². The minimum atomic E-state index is -4.58. The molecule has 0 aliphatic carbocycles. The average Bonchev–Trinajstić information content (AvgIpc) is 2.83. The van der Waals surface area contributed by atoms with Gasteiger partial charge < -0.3 is 10.4 Å². The van der Waals surface area contributed by atoms with Crippen molar-refractivity contribution >= 4 is 17.3 Å². The summed E-state index contributed by atoms with van der Waals surface area (Å²) < 4.78 is 39.0. The van der Waals surface area contributed by atoms with Gasteiger partial charge in [0.25, 0.3) is 0 Å². The van der Waals surface area contributed by atoms with Crippen LogP contribution in [0.4, 0.5) is 19.0 Å². The molecule has 0 bridgehead atoms. The number of hydrogen-bond acceptors (Lipinski definition) is 4. The molecule has 9 heteroatoms. The van der Waals surface area contributed by atoms with Crippen molar-refractivity contribution in [1.29, 1.82) is 0 Å². The van der Waals surface area contributed by atoms with Crippen LogP contribution in [-0.4, -0.2) is 31.2 Å². The van der Waals surface area contributed by atoms with Gasteiger partial charge >= 0.3 is 12.1 Å². The number of hydrogen-bond donors (Lipinski definition) is 2. The van der Waals surface area contributed by atoms with Gasteiger partial charge in [0.2, 0.25) is 0 Å². The molecule has 1 atom stereocenters. The number of nitrogens with one attached hydrogen (secondary N) is 1. The summed E-state index contributed by atoms with van der Waals surface area (Å²) in [5.41, 5.74) is -2.34. The molecule has 21 heavy (non-hydrogen) atoms. The maximum Gasteiger partial charge on any atom is 0.435 e. The molecule has 0 spiro atoms. The van der Waals surface area contributed by atoms with Crippen molar-refractivity contribution in [2.75, 3.05) is 5.32 Å². The van der Waals surface area contributed by atoms with Crippen LogP contribution in [0, 0.1) is 0 Å². The van der Waals surface area contributed by atoms with Gasteiger partial charge in [-0.2, -0.15) is 18.3 Å². The number of carboxylic acid groups (broad SMARTS) is 1. The minimum Gasteiger partial charge on any atom is -0.480 e. The number of rotatable bonds is 4. The lowest BCUT2D eigenvalue weighted by atomic mass is 9.99. The van der Waals surface area contributed by atoms with Crippen LogP contribution in [0.15, 0.2) is 18.5 Å². The first-order valence-corrected chi connectivity index (χ1v) is 6.10. The maximum atomic E-state index is 12.7. The molecule has 0 aromatic carbocycles. The molecule has 0 aliphatic heterocycles. The second kappa shape index (κ2) is 4.90. The topological polar surface area (TPSA) is 79.5 Å². The summed E-state index contributed by atoms with van der Waals surface area (Å²) in [4.78, 5) is 15.2. The third-order valence-corrected chi connectivity index (χ3v) is 3.25. The molecule has 1 unspecified atom stereocenters. The number of anilines is 1. The Balaban J connectivity index is 2.50. The highest BCUT2D eigenvalue weighted by molar-refractivity contribution is 5.84. The van der Waals surface area contributed by atoms with E-state index >= 15 is 0 Å². The second-order valence-electron chi connectivity index (χ2n) is 4.75. The first-order valence-electron chi connectivity index (χ1n) is 6.10. The van der Waals surface area contributed by atoms with E-state index in [1.165, 1.54) is 19.3 Å². The average molecular weight is 302 g/mol. The van der Waals surface area contributed by atoms with Gasteiger partial charge in [0, 0.05) is 18.5 Å². The molecule has 6 nitrogen and oxygen atoms in total. The molecule has 2 aromatic rings. The zero-order chi connectivity index (χ0) is 15.8. The Morgan fingerprint density at radius 1 is 1.48 bits per heavy atom. The lowest BCUT2D eigenvalue weighted by Crippen LogP contribution is -2.43. The van der Waals surface area contributed by atoms with Crippen LogP contribution in [0.25, 0.3) is 5.52 Å². The first-order chi connectivity index (χ1) is 9.67. The second-order valence-corrected chi connectivity index (χ2v) is 4.75. The largest absolute Gasteiger partial charge is 0.480 e. The molecular formula is C12H13F3N4O2. The zero-order valence-corrected chi connectivity index (χ0v) is 11.3. The smallest absolute Gasteiger partial charge is 0.435 e. The van der Waals surface area contributed by atoms with Gasteiger partial charge in [-0.15, -0.1) is 0 Å². The molecule has 0 saturated heterocycles. The van der Waals surface area contributed by atoms with Gasteiger partial charge in [0.05, 0.1) is 0 Å². The predicted octanol–water partition coefficient (Wildman–Crippen LogP) is 2.41.